The highest BCUT2D eigenvalue weighted by Crippen LogP contribution is 2.09. The van der Waals surface area contributed by atoms with Crippen molar-refractivity contribution in [3.8, 4) is 0 Å². The Kier molecular flexibility index (Phi) is 4.58. The zero-order valence-electron chi connectivity index (χ0n) is 11.9. The number of hydrogen-bond acceptors (Lipinski definition) is 3. The van der Waals surface area contributed by atoms with Crippen molar-refractivity contribution in [2.45, 2.75) is 13.5 Å². The van der Waals surface area contributed by atoms with Crippen LogP contribution < -0.4 is 5.32 Å². The highest BCUT2D eigenvalue weighted by molar-refractivity contribution is 5.45. The Labute approximate surface area is 115 Å². The van der Waals surface area contributed by atoms with Gasteiger partial charge in [-0.05, 0) is 31.7 Å². The van der Waals surface area contributed by atoms with E-state index in [2.05, 4.69) is 58.0 Å². The first-order chi connectivity index (χ1) is 9.15. The van der Waals surface area contributed by atoms with E-state index in [1.807, 2.05) is 19.4 Å². The molecule has 1 N–H and O–H groups in total. The van der Waals surface area contributed by atoms with Gasteiger partial charge in [-0.15, -0.1) is 0 Å². The van der Waals surface area contributed by atoms with Crippen LogP contribution in [-0.4, -0.2) is 34.6 Å². The second-order valence-electron chi connectivity index (χ2n) is 4.99. The number of anilines is 1. The minimum Gasteiger partial charge on any atom is -0.384 e. The number of nitrogens with one attached hydrogen (secondary N) is 1. The van der Waals surface area contributed by atoms with Crippen LogP contribution in [0.15, 0.2) is 36.7 Å². The summed E-state index contributed by atoms with van der Waals surface area (Å²) in [5.74, 6) is 1.10. The summed E-state index contributed by atoms with van der Waals surface area (Å²) in [5, 5.41) is 3.44. The normalized spacial score (nSPS) is 10.9. The van der Waals surface area contributed by atoms with E-state index >= 15 is 0 Å². The minimum absolute atomic E-state index is 0.874. The quantitative estimate of drug-likeness (QED) is 0.863. The molecule has 0 radical (unpaired) electrons. The number of imidazole rings is 1. The Hall–Kier alpha value is -1.81. The molecule has 0 aliphatic carbocycles. The van der Waals surface area contributed by atoms with Gasteiger partial charge in [-0.3, -0.25) is 4.90 Å². The van der Waals surface area contributed by atoms with Crippen LogP contribution in [0.3, 0.4) is 0 Å². The smallest absolute Gasteiger partial charge is 0.122 e. The van der Waals surface area contributed by atoms with Gasteiger partial charge in [0, 0.05) is 38.2 Å². The first-order valence-corrected chi connectivity index (χ1v) is 6.60. The molecule has 0 aliphatic rings. The molecule has 1 aromatic carbocycles. The first kappa shape index (κ1) is 13.6. The molecule has 0 saturated carbocycles. The summed E-state index contributed by atoms with van der Waals surface area (Å²) in [6, 6.07) is 8.46. The van der Waals surface area contributed by atoms with Crippen LogP contribution in [0.1, 0.15) is 11.4 Å². The predicted molar refractivity (Wildman–Crippen MR) is 79.2 cm³/mol. The lowest BCUT2D eigenvalue weighted by Gasteiger charge is -2.17. The SMILES string of the molecule is Cc1cccc(NCCN(C)Cc2nccn2C)c1. The van der Waals surface area contributed by atoms with E-state index in [0.29, 0.717) is 0 Å². The maximum Gasteiger partial charge on any atom is 0.122 e. The highest BCUT2D eigenvalue weighted by atomic mass is 15.2. The van der Waals surface area contributed by atoms with Crippen LogP contribution in [0.4, 0.5) is 5.69 Å². The van der Waals surface area contributed by atoms with E-state index in [0.717, 1.165) is 25.5 Å². The molecule has 0 atom stereocenters. The molecule has 0 amide bonds. The average Bonchev–Trinajstić information content (AvgIpc) is 2.75. The molecule has 4 heteroatoms. The minimum atomic E-state index is 0.874. The summed E-state index contributed by atoms with van der Waals surface area (Å²) < 4.78 is 2.06. The number of nitrogens with zero attached hydrogens (tertiary/aromatic N) is 3. The van der Waals surface area contributed by atoms with Crippen molar-refractivity contribution in [3.05, 3.63) is 48.0 Å². The number of rotatable bonds is 6. The van der Waals surface area contributed by atoms with Crippen molar-refractivity contribution in [3.63, 3.8) is 0 Å². The van der Waals surface area contributed by atoms with Gasteiger partial charge in [-0.25, -0.2) is 4.98 Å². The summed E-state index contributed by atoms with van der Waals surface area (Å²) in [7, 11) is 4.15. The van der Waals surface area contributed by atoms with Gasteiger partial charge in [0.1, 0.15) is 5.82 Å². The molecule has 0 bridgehead atoms. The third-order valence-electron chi connectivity index (χ3n) is 3.17. The molecule has 0 fully saturated rings. The van der Waals surface area contributed by atoms with E-state index in [4.69, 9.17) is 0 Å². The zero-order chi connectivity index (χ0) is 13.7. The summed E-state index contributed by atoms with van der Waals surface area (Å²) in [6.45, 7) is 4.91. The molecule has 0 unspecified atom stereocenters. The molecule has 19 heavy (non-hydrogen) atoms. The van der Waals surface area contributed by atoms with Crippen LogP contribution in [0.5, 0.6) is 0 Å². The van der Waals surface area contributed by atoms with E-state index < -0.39 is 0 Å². The monoisotopic (exact) mass is 258 g/mol. The Bertz CT molecular complexity index is 518. The fraction of sp³-hybridized carbons (Fsp3) is 0.400. The van der Waals surface area contributed by atoms with Crippen LogP contribution in [-0.2, 0) is 13.6 Å². The van der Waals surface area contributed by atoms with Crippen LogP contribution in [0.25, 0.3) is 0 Å². The van der Waals surface area contributed by atoms with Crippen molar-refractivity contribution in [2.75, 3.05) is 25.5 Å². The lowest BCUT2D eigenvalue weighted by molar-refractivity contribution is 0.327. The number of aryl methyl sites for hydroxylation is 2. The molecule has 2 rings (SSSR count). The molecule has 0 spiro atoms. The fourth-order valence-corrected chi connectivity index (χ4v) is 2.02. The van der Waals surface area contributed by atoms with Gasteiger partial charge in [-0.1, -0.05) is 12.1 Å². The van der Waals surface area contributed by atoms with Gasteiger partial charge in [0.2, 0.25) is 0 Å². The van der Waals surface area contributed by atoms with Gasteiger partial charge in [-0.2, -0.15) is 0 Å². The molecule has 4 nitrogen and oxygen atoms in total. The third-order valence-corrected chi connectivity index (χ3v) is 3.17. The molecular weight excluding hydrogens is 236 g/mol. The Morgan fingerprint density at radius 2 is 2.21 bits per heavy atom. The number of benzene rings is 1. The summed E-state index contributed by atoms with van der Waals surface area (Å²) in [5.41, 5.74) is 2.47. The first-order valence-electron chi connectivity index (χ1n) is 6.60. The maximum absolute atomic E-state index is 4.33. The van der Waals surface area contributed by atoms with Gasteiger partial charge in [0.25, 0.3) is 0 Å². The summed E-state index contributed by atoms with van der Waals surface area (Å²) in [4.78, 5) is 6.60. The lowest BCUT2D eigenvalue weighted by Crippen LogP contribution is -2.26. The van der Waals surface area contributed by atoms with E-state index in [1.165, 1.54) is 11.3 Å². The molecule has 2 aromatic rings. The van der Waals surface area contributed by atoms with E-state index in [1.54, 1.807) is 0 Å². The molecule has 0 aliphatic heterocycles. The second-order valence-corrected chi connectivity index (χ2v) is 4.99. The van der Waals surface area contributed by atoms with Crippen LogP contribution in [0, 0.1) is 6.92 Å². The molecule has 102 valence electrons. The van der Waals surface area contributed by atoms with Gasteiger partial charge in [0.05, 0.1) is 6.54 Å². The standard InChI is InChI=1S/C15H22N4/c1-13-5-4-6-14(11-13)16-7-9-18(2)12-15-17-8-10-19(15)3/h4-6,8,10-11,16H,7,9,12H2,1-3H3. The van der Waals surface area contributed by atoms with Crippen molar-refractivity contribution in [1.29, 1.82) is 0 Å². The molecule has 0 saturated heterocycles. The van der Waals surface area contributed by atoms with Gasteiger partial charge < -0.3 is 9.88 Å². The summed E-state index contributed by atoms with van der Waals surface area (Å²) >= 11 is 0. The Morgan fingerprint density at radius 1 is 1.37 bits per heavy atom. The second kappa shape index (κ2) is 6.38. The fourth-order valence-electron chi connectivity index (χ4n) is 2.02. The lowest BCUT2D eigenvalue weighted by atomic mass is 10.2. The van der Waals surface area contributed by atoms with Crippen molar-refractivity contribution < 1.29 is 0 Å². The van der Waals surface area contributed by atoms with E-state index in [9.17, 15) is 0 Å². The Balaban J connectivity index is 1.75. The highest BCUT2D eigenvalue weighted by Gasteiger charge is 2.03. The topological polar surface area (TPSA) is 33.1 Å². The predicted octanol–water partition coefficient (Wildman–Crippen LogP) is 2.27. The van der Waals surface area contributed by atoms with Crippen molar-refractivity contribution in [2.24, 2.45) is 7.05 Å². The number of hydrogen-bond donors (Lipinski definition) is 1. The van der Waals surface area contributed by atoms with Crippen molar-refractivity contribution >= 4 is 5.69 Å². The van der Waals surface area contributed by atoms with Crippen molar-refractivity contribution in [1.82, 2.24) is 14.5 Å². The largest absolute Gasteiger partial charge is 0.384 e. The van der Waals surface area contributed by atoms with Gasteiger partial charge in [0.15, 0.2) is 0 Å². The molecule has 1 aromatic heterocycles. The number of aromatic nitrogens is 2. The van der Waals surface area contributed by atoms with Gasteiger partial charge >= 0.3 is 0 Å². The zero-order valence-corrected chi connectivity index (χ0v) is 11.9. The van der Waals surface area contributed by atoms with Crippen LogP contribution in [0.2, 0.25) is 0 Å². The number of likely N-dealkylation sites (N-methyl/N-ethyl adjacent to an activating group) is 1. The third kappa shape index (κ3) is 4.10. The maximum atomic E-state index is 4.33. The van der Waals surface area contributed by atoms with E-state index in [-0.39, 0.29) is 0 Å². The molecular formula is C15H22N4. The van der Waals surface area contributed by atoms with Crippen LogP contribution >= 0.6 is 0 Å². The summed E-state index contributed by atoms with van der Waals surface area (Å²) in [6.07, 6.45) is 3.82. The Morgan fingerprint density at radius 3 is 2.89 bits per heavy atom. The average molecular weight is 258 g/mol. The molecule has 1 heterocycles.